The first-order chi connectivity index (χ1) is 8.09. The van der Waals surface area contributed by atoms with Gasteiger partial charge >= 0.3 is 0 Å². The Labute approximate surface area is 120 Å². The molecule has 0 aliphatic heterocycles. The van der Waals surface area contributed by atoms with Gasteiger partial charge in [0.2, 0.25) is 0 Å². The summed E-state index contributed by atoms with van der Waals surface area (Å²) in [5.41, 5.74) is 0.811. The van der Waals surface area contributed by atoms with Crippen molar-refractivity contribution in [3.05, 3.63) is 60.6 Å². The molecule has 6 heteroatoms. The summed E-state index contributed by atoms with van der Waals surface area (Å²) >= 11 is 12.3. The Bertz CT molecular complexity index is 613. The molecule has 17 heavy (non-hydrogen) atoms. The number of hydrogen-bond donors (Lipinski definition) is 0. The van der Waals surface area contributed by atoms with Crippen LogP contribution in [-0.2, 0) is 6.54 Å². The first kappa shape index (κ1) is 12.8. The van der Waals surface area contributed by atoms with E-state index in [1.165, 1.54) is 10.9 Å². The minimum atomic E-state index is -0.194. The number of nitrogens with zero attached hydrogens (tertiary/aromatic N) is 2. The zero-order valence-electron chi connectivity index (χ0n) is 8.53. The molecule has 0 bridgehead atoms. The Morgan fingerprint density at radius 3 is 2.71 bits per heavy atom. The Hall–Kier alpha value is -0.650. The van der Waals surface area contributed by atoms with Crippen molar-refractivity contribution >= 4 is 43.5 Å². The molecule has 0 unspecified atom stereocenters. The van der Waals surface area contributed by atoms with Crippen molar-refractivity contribution in [3.8, 4) is 0 Å². The summed E-state index contributed by atoms with van der Waals surface area (Å²) in [7, 11) is 0. The lowest BCUT2D eigenvalue weighted by molar-refractivity contribution is 0.729. The van der Waals surface area contributed by atoms with E-state index in [2.05, 4.69) is 36.8 Å². The molecule has 3 nitrogen and oxygen atoms in total. The van der Waals surface area contributed by atoms with Gasteiger partial charge in [0.25, 0.3) is 5.56 Å². The molecule has 0 N–H and O–H groups in total. The molecule has 0 amide bonds. The second-order valence-electron chi connectivity index (χ2n) is 3.37. The van der Waals surface area contributed by atoms with Crippen molar-refractivity contribution in [2.24, 2.45) is 0 Å². The molecule has 0 radical (unpaired) electrons. The third kappa shape index (κ3) is 2.78. The van der Waals surface area contributed by atoms with Crippen LogP contribution in [0.3, 0.4) is 0 Å². The lowest BCUT2D eigenvalue weighted by Crippen LogP contribution is -2.22. The van der Waals surface area contributed by atoms with Gasteiger partial charge in [-0.25, -0.2) is 4.98 Å². The fourth-order valence-corrected chi connectivity index (χ4v) is 2.23. The third-order valence-corrected chi connectivity index (χ3v) is 4.24. The second kappa shape index (κ2) is 5.33. The summed E-state index contributed by atoms with van der Waals surface area (Å²) in [4.78, 5) is 15.8. The van der Waals surface area contributed by atoms with Gasteiger partial charge in [0.05, 0.1) is 12.9 Å². The van der Waals surface area contributed by atoms with E-state index in [1.807, 2.05) is 24.3 Å². The third-order valence-electron chi connectivity index (χ3n) is 2.24. The number of benzene rings is 1. The van der Waals surface area contributed by atoms with Crippen molar-refractivity contribution < 1.29 is 0 Å². The van der Waals surface area contributed by atoms with Gasteiger partial charge in [0.1, 0.15) is 4.47 Å². The Morgan fingerprint density at radius 2 is 2.00 bits per heavy atom. The quantitative estimate of drug-likeness (QED) is 0.750. The lowest BCUT2D eigenvalue weighted by Gasteiger charge is -2.07. The van der Waals surface area contributed by atoms with Crippen molar-refractivity contribution in [2.75, 3.05) is 0 Å². The molecule has 1 heterocycles. The fraction of sp³-hybridized carbons (Fsp3) is 0.0909. The highest BCUT2D eigenvalue weighted by molar-refractivity contribution is 9.10. The topological polar surface area (TPSA) is 34.9 Å². The smallest absolute Gasteiger partial charge is 0.269 e. The van der Waals surface area contributed by atoms with Gasteiger partial charge in [-0.2, -0.15) is 0 Å². The van der Waals surface area contributed by atoms with Crippen LogP contribution >= 0.6 is 43.5 Å². The van der Waals surface area contributed by atoms with Crippen molar-refractivity contribution in [1.82, 2.24) is 9.55 Å². The molecule has 2 rings (SSSR count). The van der Waals surface area contributed by atoms with Crippen LogP contribution < -0.4 is 5.56 Å². The Kier molecular flexibility index (Phi) is 4.01. The number of aromatic nitrogens is 2. The first-order valence-electron chi connectivity index (χ1n) is 4.73. The molecule has 1 aromatic heterocycles. The van der Waals surface area contributed by atoms with E-state index < -0.39 is 0 Å². The van der Waals surface area contributed by atoms with Crippen molar-refractivity contribution in [2.45, 2.75) is 6.54 Å². The average molecular weight is 378 g/mol. The van der Waals surface area contributed by atoms with Crippen LogP contribution in [-0.4, -0.2) is 9.55 Å². The van der Waals surface area contributed by atoms with Crippen LogP contribution in [0.25, 0.3) is 0 Å². The van der Waals surface area contributed by atoms with Crippen molar-refractivity contribution in [3.63, 3.8) is 0 Å². The summed E-state index contributed by atoms with van der Waals surface area (Å²) in [6, 6.07) is 7.72. The minimum Gasteiger partial charge on any atom is -0.294 e. The van der Waals surface area contributed by atoms with Crippen LogP contribution in [0.2, 0.25) is 5.15 Å². The highest BCUT2D eigenvalue weighted by Crippen LogP contribution is 2.18. The predicted molar refractivity (Wildman–Crippen MR) is 74.5 cm³/mol. The summed E-state index contributed by atoms with van der Waals surface area (Å²) in [5.74, 6) is 0. The van der Waals surface area contributed by atoms with Crippen LogP contribution in [0, 0.1) is 0 Å². The van der Waals surface area contributed by atoms with Gasteiger partial charge in [-0.05, 0) is 27.6 Å². The highest BCUT2D eigenvalue weighted by Gasteiger charge is 2.08. The maximum atomic E-state index is 11.9. The van der Waals surface area contributed by atoms with E-state index in [9.17, 15) is 4.79 Å². The van der Waals surface area contributed by atoms with Gasteiger partial charge in [-0.3, -0.25) is 9.36 Å². The first-order valence-corrected chi connectivity index (χ1v) is 6.70. The molecule has 0 saturated heterocycles. The zero-order valence-corrected chi connectivity index (χ0v) is 12.5. The molecule has 0 aliphatic carbocycles. The summed E-state index contributed by atoms with van der Waals surface area (Å²) < 4.78 is 2.74. The maximum Gasteiger partial charge on any atom is 0.269 e. The van der Waals surface area contributed by atoms with Crippen LogP contribution in [0.1, 0.15) is 5.56 Å². The van der Waals surface area contributed by atoms with Gasteiger partial charge < -0.3 is 0 Å². The van der Waals surface area contributed by atoms with E-state index in [-0.39, 0.29) is 15.2 Å². The largest absolute Gasteiger partial charge is 0.294 e. The minimum absolute atomic E-state index is 0.179. The van der Waals surface area contributed by atoms with Crippen LogP contribution in [0.4, 0.5) is 0 Å². The van der Waals surface area contributed by atoms with Gasteiger partial charge in [-0.1, -0.05) is 45.7 Å². The summed E-state index contributed by atoms with van der Waals surface area (Å²) in [6.07, 6.45) is 1.44. The zero-order chi connectivity index (χ0) is 12.4. The van der Waals surface area contributed by atoms with Gasteiger partial charge in [0, 0.05) is 4.47 Å². The van der Waals surface area contributed by atoms with E-state index in [0.29, 0.717) is 6.54 Å². The van der Waals surface area contributed by atoms with Crippen molar-refractivity contribution in [1.29, 1.82) is 0 Å². The normalized spacial score (nSPS) is 10.5. The Morgan fingerprint density at radius 1 is 1.29 bits per heavy atom. The lowest BCUT2D eigenvalue weighted by atomic mass is 10.2. The fourth-order valence-electron chi connectivity index (χ4n) is 1.37. The highest BCUT2D eigenvalue weighted by atomic mass is 79.9. The molecule has 2 aromatic rings. The van der Waals surface area contributed by atoms with E-state index in [4.69, 9.17) is 11.6 Å². The van der Waals surface area contributed by atoms with Gasteiger partial charge in [0.15, 0.2) is 5.15 Å². The number of halogens is 3. The SMILES string of the molecule is O=c1c(Br)c(Cl)ncn1Cc1ccccc1Br. The molecule has 0 spiro atoms. The molecular weight excluding hydrogens is 371 g/mol. The Balaban J connectivity index is 2.41. The maximum absolute atomic E-state index is 11.9. The van der Waals surface area contributed by atoms with E-state index in [0.717, 1.165) is 10.0 Å². The van der Waals surface area contributed by atoms with Crippen LogP contribution in [0.5, 0.6) is 0 Å². The monoisotopic (exact) mass is 376 g/mol. The van der Waals surface area contributed by atoms with E-state index >= 15 is 0 Å². The molecule has 0 atom stereocenters. The average Bonchev–Trinajstić information content (AvgIpc) is 2.32. The standard InChI is InChI=1S/C11H7Br2ClN2O/c12-8-4-2-1-3-7(8)5-16-6-15-10(14)9(13)11(16)17/h1-4,6H,5H2. The van der Waals surface area contributed by atoms with Gasteiger partial charge in [-0.15, -0.1) is 0 Å². The van der Waals surface area contributed by atoms with E-state index in [1.54, 1.807) is 0 Å². The number of rotatable bonds is 2. The molecule has 0 saturated carbocycles. The molecule has 88 valence electrons. The summed E-state index contributed by atoms with van der Waals surface area (Å²) in [5, 5.41) is 0.179. The molecular formula is C11H7Br2ClN2O. The predicted octanol–water partition coefficient (Wildman–Crippen LogP) is 3.47. The molecule has 0 fully saturated rings. The number of hydrogen-bond acceptors (Lipinski definition) is 2. The molecule has 1 aromatic carbocycles. The molecule has 0 aliphatic rings. The van der Waals surface area contributed by atoms with Crippen LogP contribution in [0.15, 0.2) is 44.3 Å². The second-order valence-corrected chi connectivity index (χ2v) is 5.38. The summed E-state index contributed by atoms with van der Waals surface area (Å²) in [6.45, 7) is 0.447.